The van der Waals surface area contributed by atoms with Crippen LogP contribution in [0.4, 0.5) is 0 Å². The average molecular weight is 368 g/mol. The van der Waals surface area contributed by atoms with Crippen molar-refractivity contribution >= 4 is 0 Å². The van der Waals surface area contributed by atoms with Crippen molar-refractivity contribution in [2.45, 2.75) is 25.7 Å². The molecule has 0 saturated carbocycles. The normalized spacial score (nSPS) is 12.3. The molecule has 0 aliphatic rings. The Labute approximate surface area is 161 Å². The highest BCUT2D eigenvalue weighted by Gasteiger charge is 2.23. The fourth-order valence-corrected chi connectivity index (χ4v) is 2.85. The van der Waals surface area contributed by atoms with Gasteiger partial charge >= 0.3 is 0 Å². The van der Waals surface area contributed by atoms with Gasteiger partial charge in [-0.05, 0) is 41.8 Å². The van der Waals surface area contributed by atoms with Crippen LogP contribution in [0, 0.1) is 18.3 Å². The fraction of sp³-hybridized carbons (Fsp3) is 0.391. The predicted molar refractivity (Wildman–Crippen MR) is 107 cm³/mol. The molecule has 0 amide bonds. The second-order valence-corrected chi connectivity index (χ2v) is 7.04. The van der Waals surface area contributed by atoms with Crippen LogP contribution in [0.1, 0.15) is 31.4 Å². The molecule has 0 fully saturated rings. The summed E-state index contributed by atoms with van der Waals surface area (Å²) in [7, 11) is 0. The third kappa shape index (κ3) is 5.75. The average Bonchev–Trinajstić information content (AvgIpc) is 2.70. The van der Waals surface area contributed by atoms with Crippen molar-refractivity contribution in [1.29, 1.82) is 0 Å². The largest absolute Gasteiger partial charge is 0.493 e. The monoisotopic (exact) mass is 368 g/mol. The zero-order valence-electron chi connectivity index (χ0n) is 16.0. The summed E-state index contributed by atoms with van der Waals surface area (Å²) in [5, 5.41) is 18.2. The number of benzene rings is 2. The summed E-state index contributed by atoms with van der Waals surface area (Å²) in [5.74, 6) is 3.92. The maximum absolute atomic E-state index is 9.27. The number of aliphatic hydroxyl groups excluding tert-OH is 2. The Balaban J connectivity index is 2.04. The zero-order chi connectivity index (χ0) is 19.7. The van der Waals surface area contributed by atoms with E-state index >= 15 is 0 Å². The predicted octanol–water partition coefficient (Wildman–Crippen LogP) is 3.39. The van der Waals surface area contributed by atoms with Crippen molar-refractivity contribution in [2.75, 3.05) is 26.4 Å². The van der Waals surface area contributed by atoms with E-state index in [0.717, 1.165) is 11.5 Å². The van der Waals surface area contributed by atoms with E-state index in [1.807, 2.05) is 24.3 Å². The van der Waals surface area contributed by atoms with E-state index in [2.05, 4.69) is 44.0 Å². The van der Waals surface area contributed by atoms with Gasteiger partial charge in [-0.2, -0.15) is 0 Å². The lowest BCUT2D eigenvalue weighted by molar-refractivity contribution is 0.134. The number of rotatable bonds is 10. The lowest BCUT2D eigenvalue weighted by Gasteiger charge is -2.26. The molecule has 0 aliphatic carbocycles. The molecule has 2 aromatic rings. The number of aliphatic hydroxyl groups is 2. The van der Waals surface area contributed by atoms with Crippen LogP contribution in [0.3, 0.4) is 0 Å². The summed E-state index contributed by atoms with van der Waals surface area (Å²) >= 11 is 0. The van der Waals surface area contributed by atoms with Crippen molar-refractivity contribution in [3.63, 3.8) is 0 Å². The molecule has 0 aromatic heterocycles. The summed E-state index contributed by atoms with van der Waals surface area (Å²) in [5.41, 5.74) is 2.17. The first kappa shape index (κ1) is 20.8. The molecule has 27 heavy (non-hydrogen) atoms. The van der Waals surface area contributed by atoms with Crippen LogP contribution < -0.4 is 9.47 Å². The minimum Gasteiger partial charge on any atom is -0.493 e. The van der Waals surface area contributed by atoms with Gasteiger partial charge in [0.25, 0.3) is 0 Å². The van der Waals surface area contributed by atoms with Crippen molar-refractivity contribution in [3.8, 4) is 23.8 Å². The zero-order valence-corrected chi connectivity index (χ0v) is 16.0. The second-order valence-electron chi connectivity index (χ2n) is 7.04. The number of ether oxygens (including phenoxy) is 2. The molecule has 2 aromatic carbocycles. The molecule has 4 nitrogen and oxygen atoms in total. The number of terminal acetylenes is 1. The van der Waals surface area contributed by atoms with Crippen LogP contribution in [0.25, 0.3) is 0 Å². The molecule has 1 unspecified atom stereocenters. The fourth-order valence-electron chi connectivity index (χ4n) is 2.85. The molecule has 4 heteroatoms. The maximum atomic E-state index is 9.27. The first-order valence-electron chi connectivity index (χ1n) is 9.13. The summed E-state index contributed by atoms with van der Waals surface area (Å²) in [6.07, 6.45) is 5.75. The van der Waals surface area contributed by atoms with Crippen LogP contribution in [0.5, 0.6) is 11.5 Å². The summed E-state index contributed by atoms with van der Waals surface area (Å²) < 4.78 is 11.2. The topological polar surface area (TPSA) is 58.9 Å². The lowest BCUT2D eigenvalue weighted by atomic mass is 9.78. The Morgan fingerprint density at radius 3 is 1.89 bits per heavy atom. The molecular formula is C23H28O4. The molecule has 0 radical (unpaired) electrons. The first-order chi connectivity index (χ1) is 13.0. The molecule has 2 rings (SSSR count). The maximum Gasteiger partial charge on any atom is 0.148 e. The Morgan fingerprint density at radius 2 is 1.44 bits per heavy atom. The van der Waals surface area contributed by atoms with Gasteiger partial charge in [-0.3, -0.25) is 0 Å². The van der Waals surface area contributed by atoms with Crippen molar-refractivity contribution in [2.24, 2.45) is 5.92 Å². The quantitative estimate of drug-likeness (QED) is 0.631. The van der Waals surface area contributed by atoms with Crippen molar-refractivity contribution in [3.05, 3.63) is 59.7 Å². The van der Waals surface area contributed by atoms with Gasteiger partial charge in [0.05, 0.1) is 6.61 Å². The van der Waals surface area contributed by atoms with E-state index in [9.17, 15) is 5.11 Å². The first-order valence-corrected chi connectivity index (χ1v) is 9.13. The molecule has 144 valence electrons. The third-order valence-corrected chi connectivity index (χ3v) is 4.76. The van der Waals surface area contributed by atoms with Gasteiger partial charge in [0.15, 0.2) is 0 Å². The van der Waals surface area contributed by atoms with Crippen molar-refractivity contribution in [1.82, 2.24) is 0 Å². The lowest BCUT2D eigenvalue weighted by Crippen LogP contribution is -2.19. The van der Waals surface area contributed by atoms with Crippen LogP contribution in [0.15, 0.2) is 48.5 Å². The van der Waals surface area contributed by atoms with Crippen LogP contribution in [-0.2, 0) is 5.41 Å². The molecule has 0 aliphatic heterocycles. The number of hydrogen-bond acceptors (Lipinski definition) is 4. The Bertz CT molecular complexity index is 726. The van der Waals surface area contributed by atoms with E-state index in [-0.39, 0.29) is 31.2 Å². The molecule has 2 N–H and O–H groups in total. The van der Waals surface area contributed by atoms with Crippen LogP contribution in [0.2, 0.25) is 0 Å². The van der Waals surface area contributed by atoms with E-state index in [4.69, 9.17) is 21.0 Å². The van der Waals surface area contributed by atoms with E-state index < -0.39 is 0 Å². The third-order valence-electron chi connectivity index (χ3n) is 4.76. The van der Waals surface area contributed by atoms with Gasteiger partial charge in [-0.25, -0.2) is 0 Å². The Kier molecular flexibility index (Phi) is 7.72. The minimum atomic E-state index is -0.173. The molecule has 0 saturated heterocycles. The van der Waals surface area contributed by atoms with E-state index in [1.165, 1.54) is 11.1 Å². The van der Waals surface area contributed by atoms with Gasteiger partial charge in [0.2, 0.25) is 0 Å². The summed E-state index contributed by atoms with van der Waals surface area (Å²) in [6.45, 7) is 5.05. The van der Waals surface area contributed by atoms with E-state index in [1.54, 1.807) is 0 Å². The molecule has 0 bridgehead atoms. The van der Waals surface area contributed by atoms with Gasteiger partial charge in [-0.1, -0.05) is 44.0 Å². The molecule has 0 heterocycles. The van der Waals surface area contributed by atoms with E-state index in [0.29, 0.717) is 13.0 Å². The van der Waals surface area contributed by atoms with Gasteiger partial charge < -0.3 is 19.7 Å². The molecular weight excluding hydrogens is 340 g/mol. The van der Waals surface area contributed by atoms with Gasteiger partial charge in [0.1, 0.15) is 18.1 Å². The van der Waals surface area contributed by atoms with Crippen LogP contribution >= 0.6 is 0 Å². The molecule has 0 spiro atoms. The SMILES string of the molecule is C#CCOc1ccc(C(C)(C)c2ccc(OCC(CO)CCO)cc2)cc1. The number of hydrogen-bond donors (Lipinski definition) is 2. The second kappa shape index (κ2) is 10.0. The summed E-state index contributed by atoms with van der Waals surface area (Å²) in [6, 6.07) is 16.0. The van der Waals surface area contributed by atoms with Crippen LogP contribution in [-0.4, -0.2) is 36.6 Å². The highest BCUT2D eigenvalue weighted by atomic mass is 16.5. The Hall–Kier alpha value is -2.48. The molecule has 1 atom stereocenters. The van der Waals surface area contributed by atoms with Crippen molar-refractivity contribution < 1.29 is 19.7 Å². The van der Waals surface area contributed by atoms with Gasteiger partial charge in [-0.15, -0.1) is 6.42 Å². The highest BCUT2D eigenvalue weighted by molar-refractivity contribution is 5.41. The van der Waals surface area contributed by atoms with Gasteiger partial charge in [0, 0.05) is 24.5 Å². The Morgan fingerprint density at radius 1 is 0.926 bits per heavy atom. The minimum absolute atomic E-state index is 0.00667. The standard InChI is InChI=1S/C23H28O4/c1-4-15-26-21-9-5-19(6-10-21)23(2,3)20-7-11-22(12-8-20)27-17-18(16-25)13-14-24/h1,5-12,18,24-25H,13-17H2,2-3H3. The summed E-state index contributed by atoms with van der Waals surface area (Å²) in [4.78, 5) is 0. The smallest absolute Gasteiger partial charge is 0.148 e. The highest BCUT2D eigenvalue weighted by Crippen LogP contribution is 2.33.